The summed E-state index contributed by atoms with van der Waals surface area (Å²) in [4.78, 5) is 22.3. The standard InChI is InChI=1S/C14H15FN4O3/c1-8-4-5-12(11(15)6-8)16-13(20)7-18-10(3)14(19(21)22)9(2)17-18/h4-6H,7H2,1-3H3,(H,16,20). The van der Waals surface area contributed by atoms with Gasteiger partial charge in [0.1, 0.15) is 23.7 Å². The fourth-order valence-electron chi connectivity index (χ4n) is 2.15. The van der Waals surface area contributed by atoms with Gasteiger partial charge in [0.05, 0.1) is 10.6 Å². The lowest BCUT2D eigenvalue weighted by molar-refractivity contribution is -0.386. The Labute approximate surface area is 125 Å². The summed E-state index contributed by atoms with van der Waals surface area (Å²) in [6.45, 7) is 4.52. The maximum Gasteiger partial charge on any atom is 0.312 e. The van der Waals surface area contributed by atoms with Crippen molar-refractivity contribution in [2.75, 3.05) is 5.32 Å². The Morgan fingerprint density at radius 1 is 1.41 bits per heavy atom. The summed E-state index contributed by atoms with van der Waals surface area (Å²) in [5.41, 5.74) is 1.20. The number of nitrogens with zero attached hydrogens (tertiary/aromatic N) is 3. The number of nitrogens with one attached hydrogen (secondary N) is 1. The Bertz CT molecular complexity index is 755. The van der Waals surface area contributed by atoms with E-state index in [1.165, 1.54) is 30.7 Å². The molecule has 0 atom stereocenters. The number of halogens is 1. The van der Waals surface area contributed by atoms with Gasteiger partial charge in [-0.05, 0) is 38.5 Å². The third kappa shape index (κ3) is 3.11. The molecule has 116 valence electrons. The zero-order chi connectivity index (χ0) is 16.4. The Hall–Kier alpha value is -2.77. The largest absolute Gasteiger partial charge is 0.322 e. The van der Waals surface area contributed by atoms with Crippen LogP contribution in [0.2, 0.25) is 0 Å². The maximum absolute atomic E-state index is 13.7. The molecule has 0 aliphatic carbocycles. The molecule has 2 aromatic rings. The monoisotopic (exact) mass is 306 g/mol. The van der Waals surface area contributed by atoms with Crippen LogP contribution in [0.3, 0.4) is 0 Å². The first-order valence-corrected chi connectivity index (χ1v) is 6.54. The number of nitro groups is 1. The van der Waals surface area contributed by atoms with Crippen molar-refractivity contribution in [3.63, 3.8) is 0 Å². The van der Waals surface area contributed by atoms with Gasteiger partial charge >= 0.3 is 5.69 Å². The zero-order valence-electron chi connectivity index (χ0n) is 12.4. The van der Waals surface area contributed by atoms with Crippen molar-refractivity contribution < 1.29 is 14.1 Å². The van der Waals surface area contributed by atoms with Gasteiger partial charge < -0.3 is 5.32 Å². The Morgan fingerprint density at radius 3 is 2.64 bits per heavy atom. The molecule has 0 saturated heterocycles. The maximum atomic E-state index is 13.7. The van der Waals surface area contributed by atoms with Gasteiger partial charge in [-0.3, -0.25) is 19.6 Å². The summed E-state index contributed by atoms with van der Waals surface area (Å²) in [5.74, 6) is -1.05. The van der Waals surface area contributed by atoms with Gasteiger partial charge in [-0.15, -0.1) is 0 Å². The van der Waals surface area contributed by atoms with Crippen molar-refractivity contribution in [3.05, 3.63) is 51.1 Å². The van der Waals surface area contributed by atoms with E-state index in [2.05, 4.69) is 10.4 Å². The molecule has 0 unspecified atom stereocenters. The van der Waals surface area contributed by atoms with E-state index in [9.17, 15) is 19.3 Å². The molecule has 8 heteroatoms. The number of aromatic nitrogens is 2. The Balaban J connectivity index is 2.16. The number of hydrogen-bond donors (Lipinski definition) is 1. The van der Waals surface area contributed by atoms with Crippen LogP contribution in [-0.4, -0.2) is 20.6 Å². The van der Waals surface area contributed by atoms with Gasteiger partial charge in [0.2, 0.25) is 5.91 Å². The minimum atomic E-state index is -0.536. The second-order valence-electron chi connectivity index (χ2n) is 4.97. The van der Waals surface area contributed by atoms with E-state index in [-0.39, 0.29) is 29.3 Å². The highest BCUT2D eigenvalue weighted by Gasteiger charge is 2.22. The second-order valence-corrected chi connectivity index (χ2v) is 4.97. The van der Waals surface area contributed by atoms with Gasteiger partial charge in [-0.1, -0.05) is 6.07 Å². The van der Waals surface area contributed by atoms with Crippen molar-refractivity contribution in [2.24, 2.45) is 0 Å². The average Bonchev–Trinajstić information content (AvgIpc) is 2.67. The van der Waals surface area contributed by atoms with Crippen LogP contribution in [0.25, 0.3) is 0 Å². The topological polar surface area (TPSA) is 90.1 Å². The van der Waals surface area contributed by atoms with Crippen molar-refractivity contribution in [1.29, 1.82) is 0 Å². The van der Waals surface area contributed by atoms with E-state index < -0.39 is 16.6 Å². The third-order valence-electron chi connectivity index (χ3n) is 3.22. The van der Waals surface area contributed by atoms with E-state index in [0.29, 0.717) is 0 Å². The molecule has 22 heavy (non-hydrogen) atoms. The highest BCUT2D eigenvalue weighted by Crippen LogP contribution is 2.22. The van der Waals surface area contributed by atoms with Crippen molar-refractivity contribution in [3.8, 4) is 0 Å². The SMILES string of the molecule is Cc1ccc(NC(=O)Cn2nc(C)c([N+](=O)[O-])c2C)c(F)c1. The molecule has 1 aromatic heterocycles. The van der Waals surface area contributed by atoms with Gasteiger partial charge in [-0.25, -0.2) is 4.39 Å². The summed E-state index contributed by atoms with van der Waals surface area (Å²) < 4.78 is 14.9. The molecule has 1 amide bonds. The summed E-state index contributed by atoms with van der Waals surface area (Å²) in [6.07, 6.45) is 0. The second kappa shape index (κ2) is 5.92. The summed E-state index contributed by atoms with van der Waals surface area (Å²) >= 11 is 0. The summed E-state index contributed by atoms with van der Waals surface area (Å²) in [7, 11) is 0. The van der Waals surface area contributed by atoms with E-state index in [1.807, 2.05) is 0 Å². The quantitative estimate of drug-likeness (QED) is 0.694. The molecule has 1 heterocycles. The number of hydrogen-bond acceptors (Lipinski definition) is 4. The van der Waals surface area contributed by atoms with Crippen LogP contribution in [0, 0.1) is 36.7 Å². The number of carbonyl (C=O) groups is 1. The van der Waals surface area contributed by atoms with E-state index in [1.54, 1.807) is 13.0 Å². The first kappa shape index (κ1) is 15.6. The van der Waals surface area contributed by atoms with Crippen molar-refractivity contribution in [2.45, 2.75) is 27.3 Å². The number of rotatable bonds is 4. The van der Waals surface area contributed by atoms with Crippen molar-refractivity contribution >= 4 is 17.3 Å². The molecule has 1 aromatic carbocycles. The number of anilines is 1. The fourth-order valence-corrected chi connectivity index (χ4v) is 2.15. The molecule has 0 spiro atoms. The molecule has 0 aliphatic heterocycles. The molecule has 7 nitrogen and oxygen atoms in total. The third-order valence-corrected chi connectivity index (χ3v) is 3.22. The van der Waals surface area contributed by atoms with Crippen LogP contribution in [0.15, 0.2) is 18.2 Å². The smallest absolute Gasteiger partial charge is 0.312 e. The molecule has 0 fully saturated rings. The van der Waals surface area contributed by atoms with Crippen molar-refractivity contribution in [1.82, 2.24) is 9.78 Å². The van der Waals surface area contributed by atoms with Gasteiger partial charge in [0, 0.05) is 0 Å². The van der Waals surface area contributed by atoms with Gasteiger partial charge in [0.25, 0.3) is 0 Å². The molecule has 0 aliphatic rings. The summed E-state index contributed by atoms with van der Waals surface area (Å²) in [6, 6.07) is 4.45. The number of amides is 1. The molecular weight excluding hydrogens is 291 g/mol. The van der Waals surface area contributed by atoms with Crippen LogP contribution in [-0.2, 0) is 11.3 Å². The molecule has 2 rings (SSSR count). The number of benzene rings is 1. The van der Waals surface area contributed by atoms with Crippen LogP contribution in [0.4, 0.5) is 15.8 Å². The molecule has 0 bridgehead atoms. The highest BCUT2D eigenvalue weighted by molar-refractivity contribution is 5.90. The van der Waals surface area contributed by atoms with Gasteiger partial charge in [-0.2, -0.15) is 5.10 Å². The normalized spacial score (nSPS) is 10.5. The summed E-state index contributed by atoms with van der Waals surface area (Å²) in [5, 5.41) is 17.3. The lowest BCUT2D eigenvalue weighted by Crippen LogP contribution is -2.21. The average molecular weight is 306 g/mol. The lowest BCUT2D eigenvalue weighted by atomic mass is 10.2. The van der Waals surface area contributed by atoms with E-state index in [0.717, 1.165) is 5.56 Å². The molecule has 0 saturated carbocycles. The van der Waals surface area contributed by atoms with E-state index >= 15 is 0 Å². The highest BCUT2D eigenvalue weighted by atomic mass is 19.1. The Morgan fingerprint density at radius 2 is 2.09 bits per heavy atom. The predicted molar refractivity (Wildman–Crippen MR) is 78.1 cm³/mol. The molecular formula is C14H15FN4O3. The minimum absolute atomic E-state index is 0.0617. The first-order chi connectivity index (χ1) is 10.3. The lowest BCUT2D eigenvalue weighted by Gasteiger charge is -2.08. The zero-order valence-corrected chi connectivity index (χ0v) is 12.4. The van der Waals surface area contributed by atoms with Crippen LogP contribution in [0.1, 0.15) is 17.0 Å². The minimum Gasteiger partial charge on any atom is -0.322 e. The molecule has 0 radical (unpaired) electrons. The first-order valence-electron chi connectivity index (χ1n) is 6.54. The van der Waals surface area contributed by atoms with Crippen LogP contribution in [0.5, 0.6) is 0 Å². The van der Waals surface area contributed by atoms with E-state index in [4.69, 9.17) is 0 Å². The number of aryl methyl sites for hydroxylation is 2. The van der Waals surface area contributed by atoms with Crippen LogP contribution >= 0.6 is 0 Å². The predicted octanol–water partition coefficient (Wildman–Crippen LogP) is 2.49. The molecule has 1 N–H and O–H groups in total. The fraction of sp³-hybridized carbons (Fsp3) is 0.286. The van der Waals surface area contributed by atoms with Gasteiger partial charge in [0.15, 0.2) is 0 Å². The Kier molecular flexibility index (Phi) is 4.20. The van der Waals surface area contributed by atoms with Crippen LogP contribution < -0.4 is 5.32 Å². The number of carbonyl (C=O) groups excluding carboxylic acids is 1.